The van der Waals surface area contributed by atoms with Crippen molar-refractivity contribution in [3.05, 3.63) is 29.6 Å². The molecule has 0 aliphatic carbocycles. The van der Waals surface area contributed by atoms with Crippen LogP contribution in [-0.4, -0.2) is 13.2 Å². The van der Waals surface area contributed by atoms with Gasteiger partial charge in [-0.15, -0.1) is 0 Å². The van der Waals surface area contributed by atoms with Crippen molar-refractivity contribution < 1.29 is 9.13 Å². The third-order valence-corrected chi connectivity index (χ3v) is 1.79. The second-order valence-corrected chi connectivity index (χ2v) is 3.11. The number of methoxy groups -OCH3 is 1. The van der Waals surface area contributed by atoms with E-state index >= 15 is 0 Å². The summed E-state index contributed by atoms with van der Waals surface area (Å²) in [6, 6.07) is 4.88. The van der Waals surface area contributed by atoms with Crippen LogP contribution in [0.2, 0.25) is 0 Å². The third-order valence-electron chi connectivity index (χ3n) is 1.79. The Bertz CT molecular complexity index is 286. The van der Waals surface area contributed by atoms with Gasteiger partial charge in [-0.05, 0) is 25.0 Å². The fraction of sp³-hybridized carbons (Fsp3) is 0.400. The van der Waals surface area contributed by atoms with Crippen molar-refractivity contribution in [1.29, 1.82) is 0 Å². The van der Waals surface area contributed by atoms with Gasteiger partial charge in [0.2, 0.25) is 0 Å². The minimum absolute atomic E-state index is 0.00991. The Kier molecular flexibility index (Phi) is 3.25. The van der Waals surface area contributed by atoms with Gasteiger partial charge in [-0.1, -0.05) is 12.1 Å². The molecule has 0 radical (unpaired) electrons. The molecule has 3 heteroatoms. The molecular weight excluding hydrogens is 169 g/mol. The van der Waals surface area contributed by atoms with Gasteiger partial charge in [0.25, 0.3) is 0 Å². The molecule has 0 heterocycles. The summed E-state index contributed by atoms with van der Waals surface area (Å²) >= 11 is 0. The molecule has 0 saturated carbocycles. The summed E-state index contributed by atoms with van der Waals surface area (Å²) in [6.07, 6.45) is 0.626. The predicted octanol–water partition coefficient (Wildman–Crippen LogP) is 1.72. The average molecular weight is 183 g/mol. The Labute approximate surface area is 77.5 Å². The average Bonchev–Trinajstić information content (AvgIpc) is 2.03. The van der Waals surface area contributed by atoms with Crippen LogP contribution in [0.4, 0.5) is 4.39 Å². The molecule has 0 aliphatic rings. The van der Waals surface area contributed by atoms with Gasteiger partial charge in [0.15, 0.2) is 11.6 Å². The van der Waals surface area contributed by atoms with Crippen LogP contribution >= 0.6 is 0 Å². The highest BCUT2D eigenvalue weighted by Crippen LogP contribution is 2.22. The lowest BCUT2D eigenvalue weighted by Crippen LogP contribution is -2.18. The number of para-hydroxylation sites is 1. The molecule has 1 atom stereocenters. The quantitative estimate of drug-likeness (QED) is 0.774. The Morgan fingerprint density at radius 2 is 2.23 bits per heavy atom. The molecule has 0 spiro atoms. The Morgan fingerprint density at radius 3 is 2.77 bits per heavy atom. The summed E-state index contributed by atoms with van der Waals surface area (Å²) in [6.45, 7) is 1.88. The topological polar surface area (TPSA) is 35.2 Å². The van der Waals surface area contributed by atoms with Crippen molar-refractivity contribution in [3.63, 3.8) is 0 Å². The van der Waals surface area contributed by atoms with Crippen LogP contribution in [-0.2, 0) is 6.42 Å². The maximum atomic E-state index is 13.1. The molecule has 1 rings (SSSR count). The normalized spacial score (nSPS) is 12.6. The fourth-order valence-corrected chi connectivity index (χ4v) is 1.29. The van der Waals surface area contributed by atoms with Gasteiger partial charge >= 0.3 is 0 Å². The highest BCUT2D eigenvalue weighted by atomic mass is 19.1. The summed E-state index contributed by atoms with van der Waals surface area (Å²) in [5.74, 6) is -0.0274. The van der Waals surface area contributed by atoms with Crippen molar-refractivity contribution in [3.8, 4) is 5.75 Å². The number of hydrogen-bond acceptors (Lipinski definition) is 2. The number of halogens is 1. The predicted molar refractivity (Wildman–Crippen MR) is 50.3 cm³/mol. The first-order chi connectivity index (χ1) is 6.15. The van der Waals surface area contributed by atoms with Crippen molar-refractivity contribution in [2.75, 3.05) is 7.11 Å². The van der Waals surface area contributed by atoms with E-state index in [0.29, 0.717) is 12.2 Å². The van der Waals surface area contributed by atoms with Gasteiger partial charge in [-0.25, -0.2) is 4.39 Å². The molecule has 1 aromatic carbocycles. The second-order valence-electron chi connectivity index (χ2n) is 3.11. The van der Waals surface area contributed by atoms with Crippen LogP contribution in [0.3, 0.4) is 0 Å². The van der Waals surface area contributed by atoms with Gasteiger partial charge in [-0.3, -0.25) is 0 Å². The van der Waals surface area contributed by atoms with Gasteiger partial charge in [0.05, 0.1) is 7.11 Å². The van der Waals surface area contributed by atoms with Crippen molar-refractivity contribution in [2.24, 2.45) is 5.73 Å². The molecule has 0 aliphatic heterocycles. The first-order valence-corrected chi connectivity index (χ1v) is 4.22. The van der Waals surface area contributed by atoms with E-state index in [9.17, 15) is 4.39 Å². The maximum Gasteiger partial charge on any atom is 0.165 e. The number of hydrogen-bond donors (Lipinski definition) is 1. The summed E-state index contributed by atoms with van der Waals surface area (Å²) in [4.78, 5) is 0. The molecule has 2 N–H and O–H groups in total. The molecule has 13 heavy (non-hydrogen) atoms. The minimum Gasteiger partial charge on any atom is -0.493 e. The van der Waals surface area contributed by atoms with Crippen LogP contribution in [0.5, 0.6) is 5.75 Å². The lowest BCUT2D eigenvalue weighted by molar-refractivity contribution is 0.380. The van der Waals surface area contributed by atoms with Crippen molar-refractivity contribution in [1.82, 2.24) is 0 Å². The zero-order valence-electron chi connectivity index (χ0n) is 7.88. The number of rotatable bonds is 3. The summed E-state index contributed by atoms with van der Waals surface area (Å²) in [5.41, 5.74) is 6.44. The molecule has 0 aromatic heterocycles. The van der Waals surface area contributed by atoms with Crippen molar-refractivity contribution >= 4 is 0 Å². The van der Waals surface area contributed by atoms with Crippen LogP contribution < -0.4 is 10.5 Å². The van der Waals surface area contributed by atoms with E-state index in [1.54, 1.807) is 6.07 Å². The largest absolute Gasteiger partial charge is 0.493 e. The summed E-state index contributed by atoms with van der Waals surface area (Å²) in [7, 11) is 1.46. The van der Waals surface area contributed by atoms with Gasteiger partial charge in [-0.2, -0.15) is 0 Å². The molecule has 2 nitrogen and oxygen atoms in total. The Balaban J connectivity index is 2.98. The van der Waals surface area contributed by atoms with E-state index in [4.69, 9.17) is 10.5 Å². The highest BCUT2D eigenvalue weighted by Gasteiger charge is 2.09. The molecule has 72 valence electrons. The first-order valence-electron chi connectivity index (χ1n) is 4.22. The molecule has 1 aromatic rings. The molecule has 0 amide bonds. The van der Waals surface area contributed by atoms with Gasteiger partial charge < -0.3 is 10.5 Å². The zero-order valence-corrected chi connectivity index (χ0v) is 7.88. The van der Waals surface area contributed by atoms with E-state index in [2.05, 4.69) is 0 Å². The van der Waals surface area contributed by atoms with Crippen LogP contribution in [0.15, 0.2) is 18.2 Å². The van der Waals surface area contributed by atoms with Gasteiger partial charge in [0, 0.05) is 6.04 Å². The Morgan fingerprint density at radius 1 is 1.54 bits per heavy atom. The summed E-state index contributed by atoms with van der Waals surface area (Å²) < 4.78 is 18.1. The molecule has 0 bridgehead atoms. The van der Waals surface area contributed by atoms with Crippen LogP contribution in [0.25, 0.3) is 0 Å². The SMILES string of the molecule is COc1c(F)cccc1CC(C)N. The molecule has 1 unspecified atom stereocenters. The number of benzene rings is 1. The molecular formula is C10H14FNO. The van der Waals surface area contributed by atoms with Crippen molar-refractivity contribution in [2.45, 2.75) is 19.4 Å². The second kappa shape index (κ2) is 4.23. The third kappa shape index (κ3) is 2.42. The monoisotopic (exact) mass is 183 g/mol. The van der Waals surface area contributed by atoms with E-state index in [1.807, 2.05) is 13.0 Å². The minimum atomic E-state index is -0.333. The lowest BCUT2D eigenvalue weighted by atomic mass is 10.1. The maximum absolute atomic E-state index is 13.1. The standard InChI is InChI=1S/C10H14FNO/c1-7(12)6-8-4-3-5-9(11)10(8)13-2/h3-5,7H,6,12H2,1-2H3. The van der Waals surface area contributed by atoms with E-state index in [1.165, 1.54) is 13.2 Å². The zero-order chi connectivity index (χ0) is 9.84. The van der Waals surface area contributed by atoms with E-state index in [-0.39, 0.29) is 11.9 Å². The fourth-order valence-electron chi connectivity index (χ4n) is 1.29. The van der Waals surface area contributed by atoms with Crippen LogP contribution in [0.1, 0.15) is 12.5 Å². The smallest absolute Gasteiger partial charge is 0.165 e. The number of ether oxygens (including phenoxy) is 1. The van der Waals surface area contributed by atoms with E-state index in [0.717, 1.165) is 5.56 Å². The van der Waals surface area contributed by atoms with Crippen LogP contribution in [0, 0.1) is 5.82 Å². The van der Waals surface area contributed by atoms with E-state index < -0.39 is 0 Å². The molecule has 0 saturated heterocycles. The first kappa shape index (κ1) is 9.99. The van der Waals surface area contributed by atoms with Gasteiger partial charge in [0.1, 0.15) is 0 Å². The highest BCUT2D eigenvalue weighted by molar-refractivity contribution is 5.35. The lowest BCUT2D eigenvalue weighted by Gasteiger charge is -2.10. The molecule has 0 fully saturated rings. The Hall–Kier alpha value is -1.09. The summed E-state index contributed by atoms with van der Waals surface area (Å²) in [5, 5.41) is 0. The number of nitrogens with two attached hydrogens (primary N) is 1.